The molecule has 11 heteroatoms. The standard InChI is InChI=1S/C32H30F3N3O4S/c1-16-12-36-22(13-42-16)38(37-11-10-21(41-3)28(39)27(37)30(36)40)26-17-6-4-5-7-18(17)29-25-23-19(26)8-9-20(33)24(23)32(34,35)14-31(25,2)15-43-29/h4-11,16,21-22,26,39H,12-15H2,1-3H3. The van der Waals surface area contributed by atoms with E-state index in [0.29, 0.717) is 11.3 Å². The number of benzene rings is 2. The predicted octanol–water partition coefficient (Wildman–Crippen LogP) is 5.76. The van der Waals surface area contributed by atoms with Crippen LogP contribution in [0.4, 0.5) is 13.2 Å². The van der Waals surface area contributed by atoms with Crippen LogP contribution in [0, 0.1) is 11.2 Å². The lowest BCUT2D eigenvalue weighted by molar-refractivity contribution is -0.200. The van der Waals surface area contributed by atoms with Gasteiger partial charge in [0.1, 0.15) is 18.1 Å². The summed E-state index contributed by atoms with van der Waals surface area (Å²) in [5, 5.41) is 14.8. The maximum absolute atomic E-state index is 16.0. The van der Waals surface area contributed by atoms with Gasteiger partial charge in [-0.15, -0.1) is 11.8 Å². The molecule has 0 bridgehead atoms. The third-order valence-corrected chi connectivity index (χ3v) is 11.1. The first-order chi connectivity index (χ1) is 20.6. The molecule has 224 valence electrons. The number of allylic oxidation sites excluding steroid dienone is 1. The quantitative estimate of drug-likeness (QED) is 0.465. The normalized spacial score (nSPS) is 32.4. The van der Waals surface area contributed by atoms with Crippen molar-refractivity contribution < 1.29 is 32.5 Å². The molecule has 1 N–H and O–H groups in total. The number of methoxy groups -OCH3 is 1. The number of morpholine rings is 1. The van der Waals surface area contributed by atoms with Crippen LogP contribution in [-0.2, 0) is 20.2 Å². The molecule has 2 fully saturated rings. The SMILES string of the molecule is COC1C=CN2C(=C1O)C(=O)N1CC(C)OCC1N2C1c2ccccc2C2=C3c4c1ccc(F)c4C(F)(F)CC3(C)CS2. The molecular formula is C32H30F3N3O4S. The number of halogens is 3. The molecule has 8 rings (SSSR count). The molecule has 2 saturated heterocycles. The van der Waals surface area contributed by atoms with Crippen LogP contribution in [0.15, 0.2) is 60.1 Å². The third-order valence-electron chi connectivity index (χ3n) is 9.60. The van der Waals surface area contributed by atoms with Crippen LogP contribution in [0.5, 0.6) is 0 Å². The van der Waals surface area contributed by atoms with Crippen LogP contribution >= 0.6 is 11.8 Å². The number of ether oxygens (including phenoxy) is 2. The molecule has 43 heavy (non-hydrogen) atoms. The van der Waals surface area contributed by atoms with Gasteiger partial charge in [0, 0.05) is 42.3 Å². The largest absolute Gasteiger partial charge is 0.507 e. The number of hydrazine groups is 1. The summed E-state index contributed by atoms with van der Waals surface area (Å²) < 4.78 is 59.2. The van der Waals surface area contributed by atoms with E-state index in [4.69, 9.17) is 9.47 Å². The second-order valence-electron chi connectivity index (χ2n) is 12.3. The maximum Gasteiger partial charge on any atom is 0.277 e. The van der Waals surface area contributed by atoms with Crippen molar-refractivity contribution in [3.8, 4) is 0 Å². The Labute approximate surface area is 251 Å². The number of hydrogen-bond donors (Lipinski definition) is 1. The van der Waals surface area contributed by atoms with E-state index in [2.05, 4.69) is 0 Å². The number of carbonyl (C=O) groups excluding carboxylic acids is 1. The van der Waals surface area contributed by atoms with Crippen molar-refractivity contribution in [2.24, 2.45) is 5.41 Å². The Bertz CT molecular complexity index is 1690. The number of thioether (sulfide) groups is 1. The van der Waals surface area contributed by atoms with Gasteiger partial charge in [-0.25, -0.2) is 13.2 Å². The third kappa shape index (κ3) is 3.59. The molecule has 0 radical (unpaired) electrons. The molecular weight excluding hydrogens is 579 g/mol. The number of fused-ring (bicyclic) bond motifs is 4. The van der Waals surface area contributed by atoms with Gasteiger partial charge in [-0.2, -0.15) is 5.01 Å². The summed E-state index contributed by atoms with van der Waals surface area (Å²) in [7, 11) is 1.44. The lowest BCUT2D eigenvalue weighted by atomic mass is 9.67. The molecule has 7 nitrogen and oxygen atoms in total. The van der Waals surface area contributed by atoms with Crippen molar-refractivity contribution in [3.63, 3.8) is 0 Å². The van der Waals surface area contributed by atoms with Crippen LogP contribution in [0.3, 0.4) is 0 Å². The zero-order valence-electron chi connectivity index (χ0n) is 23.8. The monoisotopic (exact) mass is 609 g/mol. The van der Waals surface area contributed by atoms with Gasteiger partial charge in [-0.05, 0) is 46.9 Å². The Kier molecular flexibility index (Phi) is 5.80. The molecule has 0 saturated carbocycles. The molecule has 2 aromatic carbocycles. The van der Waals surface area contributed by atoms with Gasteiger partial charge in [0.05, 0.1) is 24.3 Å². The first kappa shape index (κ1) is 27.3. The van der Waals surface area contributed by atoms with E-state index in [1.54, 1.807) is 28.3 Å². The maximum atomic E-state index is 16.0. The van der Waals surface area contributed by atoms with Crippen molar-refractivity contribution in [1.29, 1.82) is 0 Å². The zero-order chi connectivity index (χ0) is 30.0. The highest BCUT2D eigenvalue weighted by molar-refractivity contribution is 8.09. The lowest BCUT2D eigenvalue weighted by Crippen LogP contribution is -2.68. The van der Waals surface area contributed by atoms with E-state index in [1.807, 2.05) is 43.1 Å². The Morgan fingerprint density at radius 2 is 1.95 bits per heavy atom. The highest BCUT2D eigenvalue weighted by Gasteiger charge is 2.58. The van der Waals surface area contributed by atoms with Gasteiger partial charge < -0.3 is 19.5 Å². The average Bonchev–Trinajstić information content (AvgIpc) is 3.25. The number of alkyl halides is 2. The molecule has 2 aliphatic carbocycles. The van der Waals surface area contributed by atoms with Crippen LogP contribution in [0.1, 0.15) is 54.1 Å². The molecule has 0 aromatic heterocycles. The van der Waals surface area contributed by atoms with Crippen LogP contribution in [0.25, 0.3) is 10.5 Å². The number of carbonyl (C=O) groups is 1. The van der Waals surface area contributed by atoms with Crippen molar-refractivity contribution in [2.45, 2.75) is 50.6 Å². The molecule has 1 amide bonds. The van der Waals surface area contributed by atoms with Crippen LogP contribution < -0.4 is 0 Å². The minimum absolute atomic E-state index is 0.0300. The first-order valence-electron chi connectivity index (χ1n) is 14.4. The molecule has 4 aliphatic heterocycles. The summed E-state index contributed by atoms with van der Waals surface area (Å²) in [6.07, 6.45) is 1.13. The fourth-order valence-electron chi connectivity index (χ4n) is 7.81. The summed E-state index contributed by atoms with van der Waals surface area (Å²) in [6, 6.07) is 9.80. The predicted molar refractivity (Wildman–Crippen MR) is 155 cm³/mol. The van der Waals surface area contributed by atoms with Crippen molar-refractivity contribution >= 4 is 28.1 Å². The average molecular weight is 610 g/mol. The highest BCUT2D eigenvalue weighted by atomic mass is 32.2. The number of amides is 1. The molecule has 5 atom stereocenters. The van der Waals surface area contributed by atoms with Gasteiger partial charge in [0.25, 0.3) is 11.8 Å². The molecule has 2 aromatic rings. The lowest BCUT2D eigenvalue weighted by Gasteiger charge is -2.56. The fourth-order valence-corrected chi connectivity index (χ4v) is 9.35. The fraction of sp³-hybridized carbons (Fsp3) is 0.406. The van der Waals surface area contributed by atoms with Crippen molar-refractivity contribution in [2.75, 3.05) is 26.0 Å². The molecule has 6 aliphatic rings. The van der Waals surface area contributed by atoms with E-state index in [-0.39, 0.29) is 42.2 Å². The molecule has 4 heterocycles. The second kappa shape index (κ2) is 9.13. The van der Waals surface area contributed by atoms with E-state index in [0.717, 1.165) is 27.7 Å². The summed E-state index contributed by atoms with van der Waals surface area (Å²) in [5.41, 5.74) is 1.85. The minimum atomic E-state index is -3.38. The Morgan fingerprint density at radius 3 is 2.74 bits per heavy atom. The second-order valence-corrected chi connectivity index (χ2v) is 13.3. The molecule has 0 spiro atoms. The topological polar surface area (TPSA) is 65.5 Å². The number of rotatable bonds is 2. The number of aliphatic hydroxyl groups excluding tert-OH is 1. The van der Waals surface area contributed by atoms with Gasteiger partial charge in [-0.3, -0.25) is 9.80 Å². The van der Waals surface area contributed by atoms with Gasteiger partial charge in [-0.1, -0.05) is 37.3 Å². The smallest absolute Gasteiger partial charge is 0.277 e. The number of hydrogen-bond acceptors (Lipinski definition) is 7. The van der Waals surface area contributed by atoms with E-state index < -0.39 is 47.5 Å². The zero-order valence-corrected chi connectivity index (χ0v) is 24.6. The van der Waals surface area contributed by atoms with Crippen molar-refractivity contribution in [3.05, 3.63) is 93.8 Å². The highest BCUT2D eigenvalue weighted by Crippen LogP contribution is 2.66. The summed E-state index contributed by atoms with van der Waals surface area (Å²) in [5.74, 6) is -4.45. The van der Waals surface area contributed by atoms with Gasteiger partial charge in [0.15, 0.2) is 11.5 Å². The molecule has 5 unspecified atom stereocenters. The first-order valence-corrected chi connectivity index (χ1v) is 15.4. The summed E-state index contributed by atoms with van der Waals surface area (Å²) in [4.78, 5) is 16.5. The van der Waals surface area contributed by atoms with Crippen molar-refractivity contribution in [1.82, 2.24) is 14.9 Å². The van der Waals surface area contributed by atoms with Crippen LogP contribution in [0.2, 0.25) is 0 Å². The Hall–Kier alpha value is -3.25. The summed E-state index contributed by atoms with van der Waals surface area (Å²) in [6.45, 7) is 4.14. The van der Waals surface area contributed by atoms with Crippen LogP contribution in [-0.4, -0.2) is 70.3 Å². The van der Waals surface area contributed by atoms with E-state index in [9.17, 15) is 9.90 Å². The Balaban J connectivity index is 1.44. The van der Waals surface area contributed by atoms with E-state index in [1.165, 1.54) is 18.9 Å². The van der Waals surface area contributed by atoms with Gasteiger partial charge in [0.2, 0.25) is 0 Å². The number of aliphatic hydroxyl groups is 1. The summed E-state index contributed by atoms with van der Waals surface area (Å²) >= 11 is 1.54. The van der Waals surface area contributed by atoms with Gasteiger partial charge >= 0.3 is 0 Å². The Morgan fingerprint density at radius 1 is 1.16 bits per heavy atom. The minimum Gasteiger partial charge on any atom is -0.507 e. The number of nitrogens with zero attached hydrogens (tertiary/aromatic N) is 3. The van der Waals surface area contributed by atoms with E-state index >= 15 is 13.2 Å².